The van der Waals surface area contributed by atoms with Gasteiger partial charge in [0.15, 0.2) is 29.6 Å². The maximum atomic E-state index is 12.3. The number of anilines is 1. The third kappa shape index (κ3) is 5.56. The monoisotopic (exact) mass is 415 g/mol. The van der Waals surface area contributed by atoms with Crippen molar-refractivity contribution in [3.8, 4) is 23.0 Å². The molecule has 160 valence electrons. The number of rotatable bonds is 9. The Balaban J connectivity index is 1.53. The van der Waals surface area contributed by atoms with E-state index in [4.69, 9.17) is 23.7 Å². The van der Waals surface area contributed by atoms with Gasteiger partial charge in [0.25, 0.3) is 5.91 Å². The van der Waals surface area contributed by atoms with Crippen LogP contribution in [0.3, 0.4) is 0 Å². The second-order valence-electron chi connectivity index (χ2n) is 6.55. The highest BCUT2D eigenvalue weighted by atomic mass is 16.6. The van der Waals surface area contributed by atoms with Crippen molar-refractivity contribution in [3.05, 3.63) is 42.0 Å². The van der Waals surface area contributed by atoms with Gasteiger partial charge in [-0.1, -0.05) is 13.3 Å². The van der Waals surface area contributed by atoms with E-state index in [1.54, 1.807) is 30.3 Å². The van der Waals surface area contributed by atoms with Gasteiger partial charge in [-0.15, -0.1) is 0 Å². The number of fused-ring (bicyclic) bond motifs is 1. The molecule has 0 fully saturated rings. The Hall–Kier alpha value is -3.42. The van der Waals surface area contributed by atoms with Crippen LogP contribution in [-0.4, -0.2) is 45.4 Å². The van der Waals surface area contributed by atoms with Gasteiger partial charge in [0, 0.05) is 11.8 Å². The number of nitrogens with one attached hydrogen (secondary N) is 1. The minimum absolute atomic E-state index is 0.266. The van der Waals surface area contributed by atoms with E-state index in [-0.39, 0.29) is 5.56 Å². The molecule has 0 atom stereocenters. The van der Waals surface area contributed by atoms with Gasteiger partial charge >= 0.3 is 5.97 Å². The summed E-state index contributed by atoms with van der Waals surface area (Å²) in [4.78, 5) is 24.4. The minimum atomic E-state index is -0.634. The molecule has 1 N–H and O–H groups in total. The lowest BCUT2D eigenvalue weighted by Crippen LogP contribution is -2.21. The molecule has 8 heteroatoms. The van der Waals surface area contributed by atoms with Gasteiger partial charge in [-0.2, -0.15) is 0 Å². The molecule has 1 aliphatic heterocycles. The van der Waals surface area contributed by atoms with Crippen molar-refractivity contribution in [2.45, 2.75) is 19.8 Å². The summed E-state index contributed by atoms with van der Waals surface area (Å²) in [6.45, 7) is 3.16. The van der Waals surface area contributed by atoms with Gasteiger partial charge in [-0.3, -0.25) is 4.79 Å². The summed E-state index contributed by atoms with van der Waals surface area (Å²) in [5.41, 5.74) is 0.789. The Labute approximate surface area is 175 Å². The summed E-state index contributed by atoms with van der Waals surface area (Å²) in [6, 6.07) is 9.83. The van der Waals surface area contributed by atoms with Crippen LogP contribution in [0, 0.1) is 0 Å². The molecule has 1 aliphatic rings. The topological polar surface area (TPSA) is 92.3 Å². The lowest BCUT2D eigenvalue weighted by molar-refractivity contribution is -0.119. The van der Waals surface area contributed by atoms with Crippen LogP contribution in [-0.2, 0) is 9.53 Å². The number of carbonyl (C=O) groups excluding carboxylic acids is 2. The largest absolute Gasteiger partial charge is 0.493 e. The summed E-state index contributed by atoms with van der Waals surface area (Å²) in [5.74, 6) is 1.07. The van der Waals surface area contributed by atoms with E-state index in [0.717, 1.165) is 12.8 Å². The third-order valence-corrected chi connectivity index (χ3v) is 4.32. The lowest BCUT2D eigenvalue weighted by atomic mass is 10.2. The summed E-state index contributed by atoms with van der Waals surface area (Å²) in [7, 11) is 1.50. The number of esters is 1. The summed E-state index contributed by atoms with van der Waals surface area (Å²) in [6.07, 6.45) is 1.94. The molecule has 1 heterocycles. The number of amides is 1. The van der Waals surface area contributed by atoms with Crippen molar-refractivity contribution in [2.24, 2.45) is 0 Å². The van der Waals surface area contributed by atoms with Crippen LogP contribution in [0.1, 0.15) is 30.1 Å². The fraction of sp³-hybridized carbons (Fsp3) is 0.364. The Morgan fingerprint density at radius 3 is 2.60 bits per heavy atom. The van der Waals surface area contributed by atoms with Crippen LogP contribution >= 0.6 is 0 Å². The predicted molar refractivity (Wildman–Crippen MR) is 110 cm³/mol. The second-order valence-corrected chi connectivity index (χ2v) is 6.55. The number of hydrogen-bond acceptors (Lipinski definition) is 7. The van der Waals surface area contributed by atoms with Crippen molar-refractivity contribution >= 4 is 17.6 Å². The standard InChI is InChI=1S/C22H25NO7/c1-3-4-9-27-17-7-5-15(12-19(17)26-2)22(25)30-14-21(24)23-16-6-8-18-20(13-16)29-11-10-28-18/h5-8,12-13H,3-4,9-11,14H2,1-2H3,(H,23,24). The van der Waals surface area contributed by atoms with E-state index in [1.165, 1.54) is 13.2 Å². The molecule has 0 saturated heterocycles. The average Bonchev–Trinajstić information content (AvgIpc) is 2.77. The van der Waals surface area contributed by atoms with Crippen molar-refractivity contribution in [1.29, 1.82) is 0 Å². The summed E-state index contributed by atoms with van der Waals surface area (Å²) in [5, 5.41) is 2.66. The highest BCUT2D eigenvalue weighted by molar-refractivity contribution is 5.96. The van der Waals surface area contributed by atoms with Crippen LogP contribution in [0.25, 0.3) is 0 Å². The number of unbranched alkanes of at least 4 members (excludes halogenated alkanes) is 1. The van der Waals surface area contributed by atoms with Crippen LogP contribution in [0.2, 0.25) is 0 Å². The van der Waals surface area contributed by atoms with E-state index in [0.29, 0.717) is 48.5 Å². The van der Waals surface area contributed by atoms with E-state index in [9.17, 15) is 9.59 Å². The number of carbonyl (C=O) groups is 2. The minimum Gasteiger partial charge on any atom is -0.493 e. The molecule has 0 spiro atoms. The summed E-state index contributed by atoms with van der Waals surface area (Å²) >= 11 is 0. The van der Waals surface area contributed by atoms with Crippen LogP contribution in [0.4, 0.5) is 5.69 Å². The number of hydrogen-bond donors (Lipinski definition) is 1. The molecule has 1 amide bonds. The normalized spacial score (nSPS) is 12.1. The molecular formula is C22H25NO7. The molecule has 2 aromatic carbocycles. The molecule has 30 heavy (non-hydrogen) atoms. The van der Waals surface area contributed by atoms with E-state index >= 15 is 0 Å². The first-order valence-electron chi connectivity index (χ1n) is 9.78. The Morgan fingerprint density at radius 2 is 1.83 bits per heavy atom. The van der Waals surface area contributed by atoms with Gasteiger partial charge in [0.05, 0.1) is 19.3 Å². The zero-order chi connectivity index (χ0) is 21.3. The maximum Gasteiger partial charge on any atom is 0.338 e. The molecule has 0 aliphatic carbocycles. The summed E-state index contributed by atoms with van der Waals surface area (Å²) < 4.78 is 27.0. The van der Waals surface area contributed by atoms with E-state index < -0.39 is 18.5 Å². The van der Waals surface area contributed by atoms with Crippen LogP contribution < -0.4 is 24.3 Å². The number of benzene rings is 2. The quantitative estimate of drug-likeness (QED) is 0.495. The van der Waals surface area contributed by atoms with E-state index in [1.807, 2.05) is 0 Å². The molecule has 0 saturated carbocycles. The molecule has 3 rings (SSSR count). The molecule has 2 aromatic rings. The maximum absolute atomic E-state index is 12.3. The number of ether oxygens (including phenoxy) is 5. The zero-order valence-electron chi connectivity index (χ0n) is 17.1. The Morgan fingerprint density at radius 1 is 1.03 bits per heavy atom. The Kier molecular flexibility index (Phi) is 7.37. The van der Waals surface area contributed by atoms with Crippen LogP contribution in [0.15, 0.2) is 36.4 Å². The Bertz CT molecular complexity index is 897. The van der Waals surface area contributed by atoms with Gasteiger partial charge in [0.2, 0.25) is 0 Å². The molecule has 8 nitrogen and oxygen atoms in total. The smallest absolute Gasteiger partial charge is 0.338 e. The fourth-order valence-electron chi connectivity index (χ4n) is 2.77. The van der Waals surface area contributed by atoms with Gasteiger partial charge in [0.1, 0.15) is 13.2 Å². The van der Waals surface area contributed by atoms with Crippen molar-refractivity contribution in [1.82, 2.24) is 0 Å². The first kappa shape index (κ1) is 21.3. The molecule has 0 aromatic heterocycles. The van der Waals surface area contributed by atoms with Gasteiger partial charge < -0.3 is 29.0 Å². The second kappa shape index (κ2) is 10.4. The van der Waals surface area contributed by atoms with Crippen molar-refractivity contribution in [2.75, 3.05) is 38.9 Å². The third-order valence-electron chi connectivity index (χ3n) is 4.32. The SMILES string of the molecule is CCCCOc1ccc(C(=O)OCC(=O)Nc2ccc3c(c2)OCCO3)cc1OC. The van der Waals surface area contributed by atoms with Gasteiger partial charge in [-0.25, -0.2) is 4.79 Å². The lowest BCUT2D eigenvalue weighted by Gasteiger charge is -2.19. The van der Waals surface area contributed by atoms with Crippen molar-refractivity contribution < 1.29 is 33.3 Å². The molecule has 0 bridgehead atoms. The fourth-order valence-corrected chi connectivity index (χ4v) is 2.77. The predicted octanol–water partition coefficient (Wildman–Crippen LogP) is 3.44. The van der Waals surface area contributed by atoms with E-state index in [2.05, 4.69) is 12.2 Å². The highest BCUT2D eigenvalue weighted by Gasteiger charge is 2.16. The number of methoxy groups -OCH3 is 1. The first-order chi connectivity index (χ1) is 14.6. The van der Waals surface area contributed by atoms with Gasteiger partial charge in [-0.05, 0) is 36.8 Å². The molecular weight excluding hydrogens is 390 g/mol. The highest BCUT2D eigenvalue weighted by Crippen LogP contribution is 2.32. The van der Waals surface area contributed by atoms with Crippen LogP contribution in [0.5, 0.6) is 23.0 Å². The first-order valence-corrected chi connectivity index (χ1v) is 9.78. The van der Waals surface area contributed by atoms with Crippen molar-refractivity contribution in [3.63, 3.8) is 0 Å². The molecule has 0 unspecified atom stereocenters. The zero-order valence-corrected chi connectivity index (χ0v) is 17.1. The molecule has 0 radical (unpaired) electrons. The average molecular weight is 415 g/mol.